The Morgan fingerprint density at radius 3 is 2.63 bits per heavy atom. The highest BCUT2D eigenvalue weighted by atomic mass is 127. The first kappa shape index (κ1) is 12.2. The monoisotopic (exact) mass is 364 g/mol. The number of imidazole rings is 1. The largest absolute Gasteiger partial charge is 0.478 e. The SMILES string of the molecule is O=C(O)c1ccn2cc(-c3ccc(I)cc3)nc2c1. The minimum atomic E-state index is -0.943. The molecule has 3 rings (SSSR count). The predicted octanol–water partition coefficient (Wildman–Crippen LogP) is 3.30. The maximum atomic E-state index is 10.9. The molecule has 1 N–H and O–H groups in total. The van der Waals surface area contributed by atoms with Gasteiger partial charge in [0.15, 0.2) is 0 Å². The van der Waals surface area contributed by atoms with Gasteiger partial charge in [-0.2, -0.15) is 0 Å². The lowest BCUT2D eigenvalue weighted by Crippen LogP contribution is -1.96. The lowest BCUT2D eigenvalue weighted by molar-refractivity contribution is 0.0697. The third-order valence-electron chi connectivity index (χ3n) is 2.85. The summed E-state index contributed by atoms with van der Waals surface area (Å²) in [6, 6.07) is 11.2. The van der Waals surface area contributed by atoms with Gasteiger partial charge in [0, 0.05) is 21.5 Å². The fourth-order valence-electron chi connectivity index (χ4n) is 1.87. The van der Waals surface area contributed by atoms with Gasteiger partial charge in [0.05, 0.1) is 11.3 Å². The molecule has 5 heteroatoms. The molecule has 0 aliphatic heterocycles. The van der Waals surface area contributed by atoms with Gasteiger partial charge in [-0.1, -0.05) is 12.1 Å². The number of carbonyl (C=O) groups is 1. The molecule has 1 aromatic carbocycles. The third-order valence-corrected chi connectivity index (χ3v) is 3.57. The third kappa shape index (κ3) is 2.33. The number of rotatable bonds is 2. The highest BCUT2D eigenvalue weighted by Gasteiger charge is 2.07. The Bertz CT molecular complexity index is 763. The molecule has 3 aromatic rings. The lowest BCUT2D eigenvalue weighted by Gasteiger charge is -1.95. The van der Waals surface area contributed by atoms with Crippen LogP contribution in [0.3, 0.4) is 0 Å². The van der Waals surface area contributed by atoms with Crippen molar-refractivity contribution in [1.29, 1.82) is 0 Å². The first-order valence-electron chi connectivity index (χ1n) is 5.61. The van der Waals surface area contributed by atoms with Gasteiger partial charge < -0.3 is 9.51 Å². The molecule has 0 aliphatic carbocycles. The quantitative estimate of drug-likeness (QED) is 0.710. The number of pyridine rings is 1. The van der Waals surface area contributed by atoms with Crippen molar-refractivity contribution >= 4 is 34.2 Å². The molecule has 0 spiro atoms. The molecule has 94 valence electrons. The van der Waals surface area contributed by atoms with E-state index in [1.165, 1.54) is 3.57 Å². The molecule has 0 radical (unpaired) electrons. The van der Waals surface area contributed by atoms with Crippen molar-refractivity contribution in [3.8, 4) is 11.3 Å². The summed E-state index contributed by atoms with van der Waals surface area (Å²) in [6.45, 7) is 0. The van der Waals surface area contributed by atoms with Crippen LogP contribution in [0.4, 0.5) is 0 Å². The van der Waals surface area contributed by atoms with E-state index in [2.05, 4.69) is 27.6 Å². The van der Waals surface area contributed by atoms with Crippen LogP contribution in [-0.4, -0.2) is 20.5 Å². The molecule has 19 heavy (non-hydrogen) atoms. The first-order chi connectivity index (χ1) is 9.13. The molecule has 0 bridgehead atoms. The topological polar surface area (TPSA) is 54.6 Å². The van der Waals surface area contributed by atoms with E-state index in [4.69, 9.17) is 5.11 Å². The Kier molecular flexibility index (Phi) is 2.98. The Hall–Kier alpha value is -1.89. The van der Waals surface area contributed by atoms with Crippen LogP contribution in [0.15, 0.2) is 48.8 Å². The van der Waals surface area contributed by atoms with E-state index in [1.54, 1.807) is 18.3 Å². The zero-order valence-electron chi connectivity index (χ0n) is 9.75. The molecular weight excluding hydrogens is 355 g/mol. The normalized spacial score (nSPS) is 10.8. The number of aromatic carboxylic acids is 1. The summed E-state index contributed by atoms with van der Waals surface area (Å²) in [5.74, 6) is -0.943. The molecule has 0 aliphatic rings. The van der Waals surface area contributed by atoms with Gasteiger partial charge >= 0.3 is 5.97 Å². The van der Waals surface area contributed by atoms with Crippen LogP contribution in [0.25, 0.3) is 16.9 Å². The van der Waals surface area contributed by atoms with Crippen LogP contribution in [0.1, 0.15) is 10.4 Å². The fourth-order valence-corrected chi connectivity index (χ4v) is 2.23. The summed E-state index contributed by atoms with van der Waals surface area (Å²) in [6.07, 6.45) is 3.60. The average Bonchev–Trinajstić information content (AvgIpc) is 2.82. The van der Waals surface area contributed by atoms with E-state index in [-0.39, 0.29) is 5.56 Å². The number of benzene rings is 1. The summed E-state index contributed by atoms with van der Waals surface area (Å²) in [5, 5.41) is 8.96. The summed E-state index contributed by atoms with van der Waals surface area (Å²) in [5.41, 5.74) is 2.72. The number of fused-ring (bicyclic) bond motifs is 1. The van der Waals surface area contributed by atoms with Crippen LogP contribution < -0.4 is 0 Å². The van der Waals surface area contributed by atoms with Gasteiger partial charge in [-0.25, -0.2) is 9.78 Å². The molecule has 0 unspecified atom stereocenters. The highest BCUT2D eigenvalue weighted by Crippen LogP contribution is 2.20. The number of hydrogen-bond acceptors (Lipinski definition) is 2. The molecular formula is C14H9IN2O2. The van der Waals surface area contributed by atoms with Crippen molar-refractivity contribution in [3.63, 3.8) is 0 Å². The predicted molar refractivity (Wildman–Crippen MR) is 80.3 cm³/mol. The molecule has 2 heterocycles. The second kappa shape index (κ2) is 4.65. The van der Waals surface area contributed by atoms with Crippen LogP contribution in [0.2, 0.25) is 0 Å². The molecule has 0 atom stereocenters. The first-order valence-corrected chi connectivity index (χ1v) is 6.69. The molecule has 0 saturated heterocycles. The molecule has 0 amide bonds. The van der Waals surface area contributed by atoms with E-state index in [9.17, 15) is 4.79 Å². The van der Waals surface area contributed by atoms with E-state index in [1.807, 2.05) is 34.9 Å². The Balaban J connectivity index is 2.11. The van der Waals surface area contributed by atoms with Crippen LogP contribution >= 0.6 is 22.6 Å². The standard InChI is InChI=1S/C14H9IN2O2/c15-11-3-1-9(2-4-11)12-8-17-6-5-10(14(18)19)7-13(17)16-12/h1-8H,(H,18,19). The zero-order chi connectivity index (χ0) is 13.4. The minimum absolute atomic E-state index is 0.243. The van der Waals surface area contributed by atoms with E-state index in [0.717, 1.165) is 11.3 Å². The van der Waals surface area contributed by atoms with Crippen molar-refractivity contribution < 1.29 is 9.90 Å². The van der Waals surface area contributed by atoms with Gasteiger partial charge in [-0.15, -0.1) is 0 Å². The Morgan fingerprint density at radius 2 is 1.95 bits per heavy atom. The van der Waals surface area contributed by atoms with Crippen molar-refractivity contribution in [3.05, 3.63) is 57.9 Å². The summed E-state index contributed by atoms with van der Waals surface area (Å²) < 4.78 is 2.98. The van der Waals surface area contributed by atoms with Gasteiger partial charge in [-0.05, 0) is 46.9 Å². The molecule has 0 saturated carbocycles. The Labute approximate surface area is 122 Å². The van der Waals surface area contributed by atoms with E-state index >= 15 is 0 Å². The number of nitrogens with zero attached hydrogens (tertiary/aromatic N) is 2. The van der Waals surface area contributed by atoms with Gasteiger partial charge in [0.2, 0.25) is 0 Å². The maximum Gasteiger partial charge on any atom is 0.335 e. The van der Waals surface area contributed by atoms with Crippen molar-refractivity contribution in [1.82, 2.24) is 9.38 Å². The second-order valence-corrected chi connectivity index (χ2v) is 5.36. The minimum Gasteiger partial charge on any atom is -0.478 e. The van der Waals surface area contributed by atoms with Crippen molar-refractivity contribution in [2.45, 2.75) is 0 Å². The van der Waals surface area contributed by atoms with Crippen LogP contribution in [-0.2, 0) is 0 Å². The van der Waals surface area contributed by atoms with Gasteiger partial charge in [-0.3, -0.25) is 0 Å². The maximum absolute atomic E-state index is 10.9. The number of carboxylic acids is 1. The van der Waals surface area contributed by atoms with E-state index < -0.39 is 5.97 Å². The molecule has 0 fully saturated rings. The number of hydrogen-bond donors (Lipinski definition) is 1. The smallest absolute Gasteiger partial charge is 0.335 e. The van der Waals surface area contributed by atoms with E-state index in [0.29, 0.717) is 5.65 Å². The molecule has 2 aromatic heterocycles. The molecule has 4 nitrogen and oxygen atoms in total. The summed E-state index contributed by atoms with van der Waals surface area (Å²) >= 11 is 2.25. The van der Waals surface area contributed by atoms with Gasteiger partial charge in [0.1, 0.15) is 5.65 Å². The highest BCUT2D eigenvalue weighted by molar-refractivity contribution is 14.1. The summed E-state index contributed by atoms with van der Waals surface area (Å²) in [7, 11) is 0. The number of halogens is 1. The Morgan fingerprint density at radius 1 is 1.21 bits per heavy atom. The number of aromatic nitrogens is 2. The average molecular weight is 364 g/mol. The van der Waals surface area contributed by atoms with Crippen molar-refractivity contribution in [2.75, 3.05) is 0 Å². The van der Waals surface area contributed by atoms with Crippen LogP contribution in [0.5, 0.6) is 0 Å². The second-order valence-electron chi connectivity index (χ2n) is 4.12. The number of carboxylic acid groups (broad SMARTS) is 1. The van der Waals surface area contributed by atoms with Gasteiger partial charge in [0.25, 0.3) is 0 Å². The fraction of sp³-hybridized carbons (Fsp3) is 0. The zero-order valence-corrected chi connectivity index (χ0v) is 11.9. The summed E-state index contributed by atoms with van der Waals surface area (Å²) in [4.78, 5) is 15.4. The van der Waals surface area contributed by atoms with Crippen LogP contribution in [0, 0.1) is 3.57 Å². The lowest BCUT2D eigenvalue weighted by atomic mass is 10.2. The van der Waals surface area contributed by atoms with Crippen molar-refractivity contribution in [2.24, 2.45) is 0 Å².